The van der Waals surface area contributed by atoms with Gasteiger partial charge in [0.1, 0.15) is 0 Å². The highest BCUT2D eigenvalue weighted by Crippen LogP contribution is 2.21. The van der Waals surface area contributed by atoms with Gasteiger partial charge in [-0.05, 0) is 25.8 Å². The van der Waals surface area contributed by atoms with Gasteiger partial charge in [0.2, 0.25) is 0 Å². The lowest BCUT2D eigenvalue weighted by Crippen LogP contribution is -2.29. The fourth-order valence-corrected chi connectivity index (χ4v) is 2.29. The van der Waals surface area contributed by atoms with Crippen molar-refractivity contribution in [3.63, 3.8) is 0 Å². The van der Waals surface area contributed by atoms with E-state index in [-0.39, 0.29) is 6.04 Å². The predicted octanol–water partition coefficient (Wildman–Crippen LogP) is 2.94. The molecular weight excluding hydrogens is 224 g/mol. The van der Waals surface area contributed by atoms with Crippen molar-refractivity contribution in [2.24, 2.45) is 5.84 Å². The zero-order chi connectivity index (χ0) is 13.4. The highest BCUT2D eigenvalue weighted by Gasteiger charge is 2.15. The van der Waals surface area contributed by atoms with Crippen molar-refractivity contribution in [1.82, 2.24) is 15.2 Å². The molecule has 4 nitrogen and oxygen atoms in total. The zero-order valence-corrected chi connectivity index (χ0v) is 12.1. The van der Waals surface area contributed by atoms with Crippen molar-refractivity contribution in [3.05, 3.63) is 17.5 Å². The molecule has 0 aliphatic rings. The molecule has 4 heteroatoms. The summed E-state index contributed by atoms with van der Waals surface area (Å²) in [6.45, 7) is 7.40. The Balaban J connectivity index is 2.65. The van der Waals surface area contributed by atoms with Crippen molar-refractivity contribution < 1.29 is 0 Å². The molecule has 1 heterocycles. The highest BCUT2D eigenvalue weighted by atomic mass is 15.3. The molecule has 0 saturated carbocycles. The van der Waals surface area contributed by atoms with E-state index in [2.05, 4.69) is 42.0 Å². The van der Waals surface area contributed by atoms with Gasteiger partial charge in [-0.1, -0.05) is 39.5 Å². The van der Waals surface area contributed by atoms with Crippen molar-refractivity contribution in [2.75, 3.05) is 0 Å². The summed E-state index contributed by atoms with van der Waals surface area (Å²) >= 11 is 0. The molecule has 0 saturated heterocycles. The quantitative estimate of drug-likeness (QED) is 0.403. The third kappa shape index (κ3) is 4.10. The van der Waals surface area contributed by atoms with Gasteiger partial charge in [-0.15, -0.1) is 0 Å². The van der Waals surface area contributed by atoms with E-state index in [9.17, 15) is 0 Å². The first-order valence-electron chi connectivity index (χ1n) is 7.29. The highest BCUT2D eigenvalue weighted by molar-refractivity contribution is 5.14. The number of unbranched alkanes of at least 4 members (excludes halogenated alkanes) is 3. The van der Waals surface area contributed by atoms with Gasteiger partial charge in [0.25, 0.3) is 0 Å². The molecule has 1 atom stereocenters. The molecule has 1 aromatic rings. The molecule has 1 unspecified atom stereocenters. The molecule has 0 fully saturated rings. The van der Waals surface area contributed by atoms with Crippen LogP contribution in [0.5, 0.6) is 0 Å². The van der Waals surface area contributed by atoms with Crippen LogP contribution in [0.4, 0.5) is 0 Å². The largest absolute Gasteiger partial charge is 0.271 e. The summed E-state index contributed by atoms with van der Waals surface area (Å²) in [5.74, 6) is 5.70. The van der Waals surface area contributed by atoms with E-state index in [1.54, 1.807) is 0 Å². The number of nitrogens with one attached hydrogen (secondary N) is 1. The van der Waals surface area contributed by atoms with Gasteiger partial charge in [-0.2, -0.15) is 5.10 Å². The van der Waals surface area contributed by atoms with Crippen LogP contribution >= 0.6 is 0 Å². The van der Waals surface area contributed by atoms with Gasteiger partial charge in [0, 0.05) is 6.54 Å². The van der Waals surface area contributed by atoms with Crippen molar-refractivity contribution >= 4 is 0 Å². The number of hydrogen-bond acceptors (Lipinski definition) is 3. The van der Waals surface area contributed by atoms with E-state index in [1.165, 1.54) is 31.4 Å². The molecule has 1 rings (SSSR count). The lowest BCUT2D eigenvalue weighted by Gasteiger charge is -2.16. The van der Waals surface area contributed by atoms with Crippen LogP contribution in [0, 0.1) is 0 Å². The second-order valence-electron chi connectivity index (χ2n) is 4.80. The van der Waals surface area contributed by atoms with Crippen LogP contribution in [0.15, 0.2) is 6.07 Å². The van der Waals surface area contributed by atoms with Crippen molar-refractivity contribution in [2.45, 2.75) is 71.9 Å². The number of aromatic nitrogens is 2. The van der Waals surface area contributed by atoms with Gasteiger partial charge in [-0.3, -0.25) is 16.0 Å². The molecule has 0 radical (unpaired) electrons. The van der Waals surface area contributed by atoms with Gasteiger partial charge >= 0.3 is 0 Å². The summed E-state index contributed by atoms with van der Waals surface area (Å²) in [5.41, 5.74) is 5.33. The third-order valence-electron chi connectivity index (χ3n) is 3.43. The van der Waals surface area contributed by atoms with Gasteiger partial charge < -0.3 is 0 Å². The average molecular weight is 252 g/mol. The number of nitrogens with two attached hydrogens (primary N) is 1. The zero-order valence-electron chi connectivity index (χ0n) is 12.1. The summed E-state index contributed by atoms with van der Waals surface area (Å²) in [6, 6.07) is 2.42. The van der Waals surface area contributed by atoms with Crippen LogP contribution in [0.1, 0.15) is 70.3 Å². The Kier molecular flexibility index (Phi) is 6.98. The maximum absolute atomic E-state index is 5.70. The normalized spacial score (nSPS) is 12.9. The number of rotatable bonds is 9. The Bertz CT molecular complexity index is 333. The molecule has 0 aliphatic carbocycles. The molecule has 0 aliphatic heterocycles. The monoisotopic (exact) mass is 252 g/mol. The Morgan fingerprint density at radius 3 is 2.61 bits per heavy atom. The van der Waals surface area contributed by atoms with Crippen molar-refractivity contribution in [3.8, 4) is 0 Å². The molecule has 0 spiro atoms. The fourth-order valence-electron chi connectivity index (χ4n) is 2.29. The minimum atomic E-state index is 0.231. The summed E-state index contributed by atoms with van der Waals surface area (Å²) in [7, 11) is 0. The fraction of sp³-hybridized carbons (Fsp3) is 0.786. The predicted molar refractivity (Wildman–Crippen MR) is 76.1 cm³/mol. The molecule has 1 aromatic heterocycles. The summed E-state index contributed by atoms with van der Waals surface area (Å²) in [4.78, 5) is 0. The first kappa shape index (κ1) is 15.2. The third-order valence-corrected chi connectivity index (χ3v) is 3.43. The molecule has 3 N–H and O–H groups in total. The van der Waals surface area contributed by atoms with E-state index in [1.807, 2.05) is 0 Å². The lowest BCUT2D eigenvalue weighted by atomic mass is 10.0. The van der Waals surface area contributed by atoms with Gasteiger partial charge in [0.15, 0.2) is 0 Å². The second-order valence-corrected chi connectivity index (χ2v) is 4.80. The number of hydrogen-bond donors (Lipinski definition) is 2. The summed E-state index contributed by atoms with van der Waals surface area (Å²) < 4.78 is 2.07. The summed E-state index contributed by atoms with van der Waals surface area (Å²) in [5, 5.41) is 4.58. The van der Waals surface area contributed by atoms with Crippen LogP contribution in [0.3, 0.4) is 0 Å². The minimum Gasteiger partial charge on any atom is -0.271 e. The molecule has 0 aromatic carbocycles. The van der Waals surface area contributed by atoms with Crippen LogP contribution in [-0.4, -0.2) is 9.78 Å². The molecular formula is C14H28N4. The van der Waals surface area contributed by atoms with E-state index < -0.39 is 0 Å². The van der Waals surface area contributed by atoms with Crippen LogP contribution in [-0.2, 0) is 13.0 Å². The number of aryl methyl sites for hydroxylation is 2. The number of nitrogens with zero attached hydrogens (tertiary/aromatic N) is 2. The molecule has 104 valence electrons. The minimum absolute atomic E-state index is 0.231. The van der Waals surface area contributed by atoms with Crippen molar-refractivity contribution in [1.29, 1.82) is 0 Å². The molecule has 0 amide bonds. The Morgan fingerprint density at radius 2 is 2.06 bits per heavy atom. The first-order chi connectivity index (χ1) is 8.76. The van der Waals surface area contributed by atoms with E-state index in [0.29, 0.717) is 0 Å². The van der Waals surface area contributed by atoms with Gasteiger partial charge in [-0.25, -0.2) is 0 Å². The van der Waals surface area contributed by atoms with E-state index in [4.69, 9.17) is 5.84 Å². The first-order valence-corrected chi connectivity index (χ1v) is 7.29. The van der Waals surface area contributed by atoms with Crippen LogP contribution in [0.2, 0.25) is 0 Å². The van der Waals surface area contributed by atoms with Crippen LogP contribution < -0.4 is 11.3 Å². The topological polar surface area (TPSA) is 55.9 Å². The Hall–Kier alpha value is -0.870. The second kappa shape index (κ2) is 8.27. The number of hydrazine groups is 1. The lowest BCUT2D eigenvalue weighted by molar-refractivity contribution is 0.445. The standard InChI is InChI=1S/C14H28N4/c1-4-7-8-9-10-13(16-15)14-11-12(5-2)17-18(14)6-3/h11,13,16H,4-10,15H2,1-3H3. The molecule has 18 heavy (non-hydrogen) atoms. The van der Waals surface area contributed by atoms with Crippen LogP contribution in [0.25, 0.3) is 0 Å². The van der Waals surface area contributed by atoms with E-state index in [0.717, 1.165) is 25.1 Å². The smallest absolute Gasteiger partial charge is 0.0629 e. The Labute approximate surface area is 111 Å². The van der Waals surface area contributed by atoms with Gasteiger partial charge in [0.05, 0.1) is 17.4 Å². The maximum Gasteiger partial charge on any atom is 0.0629 e. The average Bonchev–Trinajstić information content (AvgIpc) is 2.82. The SMILES string of the molecule is CCCCCCC(NN)c1cc(CC)nn1CC. The van der Waals surface area contributed by atoms with E-state index >= 15 is 0 Å². The maximum atomic E-state index is 5.70. The Morgan fingerprint density at radius 1 is 1.28 bits per heavy atom. The summed E-state index contributed by atoms with van der Waals surface area (Å²) in [6.07, 6.45) is 7.16. The molecule has 0 bridgehead atoms.